The first-order chi connectivity index (χ1) is 8.91. The van der Waals surface area contributed by atoms with Gasteiger partial charge in [-0.2, -0.15) is 0 Å². The summed E-state index contributed by atoms with van der Waals surface area (Å²) in [7, 11) is -0.243. The average Bonchev–Trinajstić information content (AvgIpc) is 3.00. The second-order valence-electron chi connectivity index (χ2n) is 6.67. The van der Waals surface area contributed by atoms with Gasteiger partial charge in [-0.15, -0.1) is 11.3 Å². The molecule has 3 nitrogen and oxygen atoms in total. The van der Waals surface area contributed by atoms with E-state index in [2.05, 4.69) is 32.7 Å². The first-order valence-electron chi connectivity index (χ1n) is 7.20. The Bertz CT molecular complexity index is 450. The molecule has 1 aliphatic carbocycles. The summed E-state index contributed by atoms with van der Waals surface area (Å²) in [6.45, 7) is 8.40. The topological polar surface area (TPSA) is 31.4 Å². The number of hydrogen-bond donors (Lipinski definition) is 0. The van der Waals surface area contributed by atoms with Crippen LogP contribution in [0.5, 0.6) is 0 Å². The normalized spacial score (nSPS) is 26.2. The lowest BCUT2D eigenvalue weighted by atomic mass is 9.83. The fourth-order valence-corrected chi connectivity index (χ4v) is 3.72. The quantitative estimate of drug-likeness (QED) is 0.779. The van der Waals surface area contributed by atoms with Crippen molar-refractivity contribution >= 4 is 23.2 Å². The Labute approximate surface area is 119 Å². The van der Waals surface area contributed by atoms with Crippen LogP contribution in [0.1, 0.15) is 65.0 Å². The number of hydrogen-bond acceptors (Lipinski definition) is 4. The molecule has 104 valence electrons. The Balaban J connectivity index is 1.86. The largest absolute Gasteiger partial charge is 0.507 e. The van der Waals surface area contributed by atoms with Gasteiger partial charge in [0.25, 0.3) is 0 Å². The van der Waals surface area contributed by atoms with Gasteiger partial charge in [0.05, 0.1) is 27.2 Å². The Morgan fingerprint density at radius 1 is 1.16 bits per heavy atom. The minimum atomic E-state index is -0.269. The average molecular weight is 279 g/mol. The summed E-state index contributed by atoms with van der Waals surface area (Å²) in [5, 5.41) is 0. The maximum absolute atomic E-state index is 6.16. The van der Waals surface area contributed by atoms with Crippen LogP contribution in [0, 0.1) is 0 Å². The van der Waals surface area contributed by atoms with Gasteiger partial charge in [-0.3, -0.25) is 0 Å². The molecule has 1 aromatic rings. The van der Waals surface area contributed by atoms with E-state index >= 15 is 0 Å². The number of thiazole rings is 1. The Morgan fingerprint density at radius 3 is 2.32 bits per heavy atom. The van der Waals surface area contributed by atoms with Crippen molar-refractivity contribution in [3.8, 4) is 0 Å². The van der Waals surface area contributed by atoms with Gasteiger partial charge in [-0.05, 0) is 40.5 Å². The number of rotatable bonds is 2. The number of nitrogens with zero attached hydrogens (tertiary/aromatic N) is 1. The first-order valence-corrected chi connectivity index (χ1v) is 8.07. The van der Waals surface area contributed by atoms with E-state index < -0.39 is 0 Å². The van der Waals surface area contributed by atoms with Crippen LogP contribution in [0.25, 0.3) is 0 Å². The maximum Gasteiger partial charge on any atom is 0.507 e. The summed E-state index contributed by atoms with van der Waals surface area (Å²) in [5.41, 5.74) is 2.62. The zero-order valence-electron chi connectivity index (χ0n) is 12.2. The maximum atomic E-state index is 6.16. The highest BCUT2D eigenvalue weighted by Crippen LogP contribution is 2.39. The van der Waals surface area contributed by atoms with Crippen LogP contribution in [0.3, 0.4) is 0 Å². The van der Waals surface area contributed by atoms with Crippen LogP contribution < -0.4 is 4.78 Å². The second-order valence-corrected chi connectivity index (χ2v) is 7.56. The van der Waals surface area contributed by atoms with Crippen LogP contribution in [-0.2, 0) is 9.31 Å². The van der Waals surface area contributed by atoms with E-state index in [-0.39, 0.29) is 18.3 Å². The minimum absolute atomic E-state index is 0.243. The third-order valence-corrected chi connectivity index (χ3v) is 5.70. The van der Waals surface area contributed by atoms with Crippen molar-refractivity contribution in [2.45, 2.75) is 70.5 Å². The predicted molar refractivity (Wildman–Crippen MR) is 79.0 cm³/mol. The molecule has 2 aliphatic rings. The second kappa shape index (κ2) is 4.57. The predicted octanol–water partition coefficient (Wildman–Crippen LogP) is 3.10. The molecule has 3 rings (SSSR count). The summed E-state index contributed by atoms with van der Waals surface area (Å²) in [5.74, 6) is 0.611. The fourth-order valence-electron chi connectivity index (χ4n) is 2.90. The Hall–Kier alpha value is -0.385. The van der Waals surface area contributed by atoms with Crippen LogP contribution in [0.15, 0.2) is 5.51 Å². The van der Waals surface area contributed by atoms with Gasteiger partial charge in [0, 0.05) is 5.92 Å². The Morgan fingerprint density at radius 2 is 1.74 bits per heavy atom. The molecule has 0 unspecified atom stereocenters. The van der Waals surface area contributed by atoms with E-state index in [0.29, 0.717) is 5.92 Å². The molecular formula is C14H22BNO2S. The van der Waals surface area contributed by atoms with Crippen molar-refractivity contribution in [1.82, 2.24) is 4.98 Å². The van der Waals surface area contributed by atoms with E-state index in [4.69, 9.17) is 9.31 Å². The van der Waals surface area contributed by atoms with E-state index in [9.17, 15) is 0 Å². The zero-order chi connectivity index (χ0) is 13.7. The van der Waals surface area contributed by atoms with Crippen molar-refractivity contribution in [2.75, 3.05) is 0 Å². The molecule has 0 amide bonds. The molecule has 1 saturated carbocycles. The highest BCUT2D eigenvalue weighted by Gasteiger charge is 2.53. The minimum Gasteiger partial charge on any atom is -0.399 e. The third-order valence-electron chi connectivity index (χ3n) is 4.83. The summed E-state index contributed by atoms with van der Waals surface area (Å²) >= 11 is 1.67. The summed E-state index contributed by atoms with van der Waals surface area (Å²) in [6.07, 6.45) is 5.17. The highest BCUT2D eigenvalue weighted by atomic mass is 32.1. The molecule has 0 bridgehead atoms. The third kappa shape index (κ3) is 2.26. The van der Waals surface area contributed by atoms with Crippen molar-refractivity contribution in [3.63, 3.8) is 0 Å². The van der Waals surface area contributed by atoms with Crippen molar-refractivity contribution in [2.24, 2.45) is 0 Å². The molecule has 0 N–H and O–H groups in total. The molecule has 0 aromatic carbocycles. The van der Waals surface area contributed by atoms with Crippen LogP contribution in [0.2, 0.25) is 0 Å². The van der Waals surface area contributed by atoms with Gasteiger partial charge in [0.1, 0.15) is 0 Å². The van der Waals surface area contributed by atoms with E-state index in [1.807, 2.05) is 5.51 Å². The summed E-state index contributed by atoms with van der Waals surface area (Å²) < 4.78 is 13.5. The van der Waals surface area contributed by atoms with E-state index in [1.54, 1.807) is 11.3 Å². The molecule has 19 heavy (non-hydrogen) atoms. The van der Waals surface area contributed by atoms with Crippen LogP contribution in [0.4, 0.5) is 0 Å². The molecule has 1 saturated heterocycles. The summed E-state index contributed by atoms with van der Waals surface area (Å²) in [4.78, 5) is 4.60. The molecule has 2 heterocycles. The Kier molecular flexibility index (Phi) is 3.27. The molecule has 2 fully saturated rings. The monoisotopic (exact) mass is 279 g/mol. The standard InChI is InChI=1S/C14H22BNO2S/c1-13(2)14(3,4)18-15(17-13)12-11(16-9-19-12)10-7-5-6-8-10/h9-10H,5-8H2,1-4H3. The molecule has 0 radical (unpaired) electrons. The fraction of sp³-hybridized carbons (Fsp3) is 0.786. The SMILES string of the molecule is CC1(C)OB(c2scnc2C2CCCC2)OC1(C)C. The van der Waals surface area contributed by atoms with Crippen molar-refractivity contribution in [3.05, 3.63) is 11.2 Å². The van der Waals surface area contributed by atoms with Gasteiger partial charge in [-0.25, -0.2) is 4.98 Å². The van der Waals surface area contributed by atoms with Crippen molar-refractivity contribution < 1.29 is 9.31 Å². The smallest absolute Gasteiger partial charge is 0.399 e. The van der Waals surface area contributed by atoms with Crippen molar-refractivity contribution in [1.29, 1.82) is 0 Å². The molecule has 0 atom stereocenters. The number of aromatic nitrogens is 1. The van der Waals surface area contributed by atoms with Gasteiger partial charge in [-0.1, -0.05) is 12.8 Å². The lowest BCUT2D eigenvalue weighted by molar-refractivity contribution is 0.00578. The van der Waals surface area contributed by atoms with Crippen LogP contribution in [-0.4, -0.2) is 23.3 Å². The lowest BCUT2D eigenvalue weighted by Gasteiger charge is -2.32. The molecule has 0 spiro atoms. The first kappa shape index (κ1) is 13.6. The molecule has 1 aliphatic heterocycles. The van der Waals surface area contributed by atoms with E-state index in [0.717, 1.165) is 0 Å². The van der Waals surface area contributed by atoms with Gasteiger partial charge < -0.3 is 9.31 Å². The van der Waals surface area contributed by atoms with Gasteiger partial charge in [0.15, 0.2) is 0 Å². The molecule has 1 aromatic heterocycles. The zero-order valence-corrected chi connectivity index (χ0v) is 13.0. The van der Waals surface area contributed by atoms with Gasteiger partial charge in [0.2, 0.25) is 0 Å². The lowest BCUT2D eigenvalue weighted by Crippen LogP contribution is -2.41. The van der Waals surface area contributed by atoms with Gasteiger partial charge >= 0.3 is 7.12 Å². The highest BCUT2D eigenvalue weighted by molar-refractivity contribution is 7.20. The van der Waals surface area contributed by atoms with E-state index in [1.165, 1.54) is 36.2 Å². The molecular weight excluding hydrogens is 257 g/mol. The summed E-state index contributed by atoms with van der Waals surface area (Å²) in [6, 6.07) is 0. The van der Waals surface area contributed by atoms with Crippen LogP contribution >= 0.6 is 11.3 Å². The molecule has 5 heteroatoms.